The van der Waals surface area contributed by atoms with Crippen molar-refractivity contribution in [2.75, 3.05) is 0 Å². The lowest BCUT2D eigenvalue weighted by atomic mass is 10.4. The highest BCUT2D eigenvalue weighted by atomic mass is 28.4. The van der Waals surface area contributed by atoms with Crippen molar-refractivity contribution in [1.29, 1.82) is 0 Å². The van der Waals surface area contributed by atoms with E-state index >= 15 is 0 Å². The molecule has 1 atom stereocenters. The fraction of sp³-hybridized carbons (Fsp3) is 1.00. The molecule has 0 aromatic rings. The third kappa shape index (κ3) is 4.59. The fourth-order valence-electron chi connectivity index (χ4n) is 0.660. The standard InChI is InChI=1S/C5H15NO2Si/c1-3-9(7,8)4-5(2)6/h5,7-8H,3-4,6H2,1-2H3. The fourth-order valence-corrected chi connectivity index (χ4v) is 1.98. The predicted octanol–water partition coefficient (Wildman–Crippen LogP) is -0.220. The largest absolute Gasteiger partial charge is 0.411 e. The average Bonchev–Trinajstić information content (AvgIpc) is 1.63. The van der Waals surface area contributed by atoms with Crippen molar-refractivity contribution in [3.05, 3.63) is 0 Å². The van der Waals surface area contributed by atoms with Crippen LogP contribution in [-0.4, -0.2) is 24.2 Å². The molecule has 0 aliphatic heterocycles. The second-order valence-corrected chi connectivity index (χ2v) is 5.60. The van der Waals surface area contributed by atoms with E-state index in [0.29, 0.717) is 12.1 Å². The van der Waals surface area contributed by atoms with Gasteiger partial charge in [-0.3, -0.25) is 0 Å². The lowest BCUT2D eigenvalue weighted by Crippen LogP contribution is -2.39. The van der Waals surface area contributed by atoms with E-state index in [1.54, 1.807) is 13.8 Å². The van der Waals surface area contributed by atoms with Crippen LogP contribution < -0.4 is 5.73 Å². The summed E-state index contributed by atoms with van der Waals surface area (Å²) in [6, 6.07) is 0.754. The normalized spacial score (nSPS) is 15.7. The van der Waals surface area contributed by atoms with Gasteiger partial charge >= 0.3 is 8.56 Å². The van der Waals surface area contributed by atoms with Gasteiger partial charge in [-0.05, 0) is 6.04 Å². The van der Waals surface area contributed by atoms with Crippen LogP contribution in [0.3, 0.4) is 0 Å². The van der Waals surface area contributed by atoms with E-state index in [1.807, 2.05) is 0 Å². The monoisotopic (exact) mass is 149 g/mol. The van der Waals surface area contributed by atoms with Gasteiger partial charge < -0.3 is 15.3 Å². The summed E-state index contributed by atoms with van der Waals surface area (Å²) in [5.74, 6) is 0. The predicted molar refractivity (Wildman–Crippen MR) is 39.1 cm³/mol. The van der Waals surface area contributed by atoms with Gasteiger partial charge in [0.2, 0.25) is 0 Å². The highest BCUT2D eigenvalue weighted by Crippen LogP contribution is 2.08. The Hall–Kier alpha value is 0.0969. The Morgan fingerprint density at radius 1 is 1.56 bits per heavy atom. The molecule has 0 fully saturated rings. The maximum Gasteiger partial charge on any atom is 0.334 e. The summed E-state index contributed by atoms with van der Waals surface area (Å²) < 4.78 is 0. The van der Waals surface area contributed by atoms with Crippen molar-refractivity contribution in [1.82, 2.24) is 0 Å². The van der Waals surface area contributed by atoms with Crippen LogP contribution in [0.2, 0.25) is 12.1 Å². The maximum absolute atomic E-state index is 9.11. The minimum absolute atomic E-state index is 0.0911. The molecule has 4 N–H and O–H groups in total. The summed E-state index contributed by atoms with van der Waals surface area (Å²) in [5.41, 5.74) is 5.37. The first-order valence-corrected chi connectivity index (χ1v) is 5.49. The number of hydrogen-bond acceptors (Lipinski definition) is 3. The van der Waals surface area contributed by atoms with E-state index in [2.05, 4.69) is 0 Å². The van der Waals surface area contributed by atoms with Crippen molar-refractivity contribution in [2.45, 2.75) is 32.0 Å². The summed E-state index contributed by atoms with van der Waals surface area (Å²) >= 11 is 0. The Kier molecular flexibility index (Phi) is 3.35. The van der Waals surface area contributed by atoms with Crippen LogP contribution in [-0.2, 0) is 0 Å². The van der Waals surface area contributed by atoms with Crippen molar-refractivity contribution < 1.29 is 9.59 Å². The molecule has 0 amide bonds. The van der Waals surface area contributed by atoms with Gasteiger partial charge in [0.05, 0.1) is 0 Å². The van der Waals surface area contributed by atoms with Gasteiger partial charge in [-0.1, -0.05) is 13.8 Å². The summed E-state index contributed by atoms with van der Waals surface area (Å²) in [7, 11) is -2.87. The second-order valence-electron chi connectivity index (χ2n) is 2.52. The van der Waals surface area contributed by atoms with Gasteiger partial charge in [-0.25, -0.2) is 0 Å². The molecule has 0 bridgehead atoms. The molecule has 56 valence electrons. The molecule has 4 heteroatoms. The van der Waals surface area contributed by atoms with Crippen LogP contribution in [0.15, 0.2) is 0 Å². The van der Waals surface area contributed by atoms with Gasteiger partial charge in [0.1, 0.15) is 0 Å². The SMILES string of the molecule is CC[Si](O)(O)CC(C)N. The minimum atomic E-state index is -2.87. The molecular formula is C5H15NO2Si. The number of hydrogen-bond donors (Lipinski definition) is 3. The van der Waals surface area contributed by atoms with Crippen molar-refractivity contribution in [3.63, 3.8) is 0 Å². The number of nitrogens with two attached hydrogens (primary N) is 1. The molecule has 0 saturated carbocycles. The lowest BCUT2D eigenvalue weighted by molar-refractivity contribution is 0.355. The van der Waals surface area contributed by atoms with E-state index in [4.69, 9.17) is 15.3 Å². The number of rotatable bonds is 3. The van der Waals surface area contributed by atoms with E-state index in [1.165, 1.54) is 0 Å². The first kappa shape index (κ1) is 9.10. The van der Waals surface area contributed by atoms with Crippen molar-refractivity contribution >= 4 is 8.56 Å². The molecule has 0 rings (SSSR count). The van der Waals surface area contributed by atoms with Crippen LogP contribution in [0.5, 0.6) is 0 Å². The summed E-state index contributed by atoms with van der Waals surface area (Å²) in [5, 5.41) is 0. The highest BCUT2D eigenvalue weighted by molar-refractivity contribution is 6.64. The quantitative estimate of drug-likeness (QED) is 0.486. The Bertz CT molecular complexity index is 85.0. The third-order valence-electron chi connectivity index (χ3n) is 1.22. The lowest BCUT2D eigenvalue weighted by Gasteiger charge is -2.17. The van der Waals surface area contributed by atoms with E-state index in [0.717, 1.165) is 0 Å². The average molecular weight is 149 g/mol. The summed E-state index contributed by atoms with van der Waals surface area (Å²) in [4.78, 5) is 18.2. The molecule has 0 radical (unpaired) electrons. The zero-order valence-electron chi connectivity index (χ0n) is 5.96. The molecule has 9 heavy (non-hydrogen) atoms. The third-order valence-corrected chi connectivity index (χ3v) is 3.65. The van der Waals surface area contributed by atoms with E-state index < -0.39 is 8.56 Å². The van der Waals surface area contributed by atoms with Crippen molar-refractivity contribution in [2.24, 2.45) is 5.73 Å². The Labute approximate surface area is 56.8 Å². The molecule has 0 aromatic carbocycles. The Morgan fingerprint density at radius 3 is 2.11 bits per heavy atom. The smallest absolute Gasteiger partial charge is 0.334 e. The first-order valence-electron chi connectivity index (χ1n) is 3.18. The van der Waals surface area contributed by atoms with Crippen LogP contribution in [0.1, 0.15) is 13.8 Å². The van der Waals surface area contributed by atoms with Crippen molar-refractivity contribution in [3.8, 4) is 0 Å². The second kappa shape index (κ2) is 3.31. The summed E-state index contributed by atoms with van der Waals surface area (Å²) in [6.45, 7) is 3.55. The Balaban J connectivity index is 3.58. The zero-order valence-corrected chi connectivity index (χ0v) is 6.96. The molecule has 0 aliphatic carbocycles. The molecule has 0 spiro atoms. The minimum Gasteiger partial charge on any atom is -0.411 e. The van der Waals surface area contributed by atoms with Crippen LogP contribution >= 0.6 is 0 Å². The van der Waals surface area contributed by atoms with Crippen LogP contribution in [0.4, 0.5) is 0 Å². The van der Waals surface area contributed by atoms with E-state index in [-0.39, 0.29) is 6.04 Å². The summed E-state index contributed by atoms with van der Waals surface area (Å²) in [6.07, 6.45) is 0. The van der Waals surface area contributed by atoms with Gasteiger partial charge in [0.15, 0.2) is 0 Å². The molecule has 1 unspecified atom stereocenters. The van der Waals surface area contributed by atoms with E-state index in [9.17, 15) is 0 Å². The molecule has 0 heterocycles. The zero-order chi connectivity index (χ0) is 7.49. The van der Waals surface area contributed by atoms with Gasteiger partial charge in [-0.15, -0.1) is 0 Å². The topological polar surface area (TPSA) is 66.5 Å². The molecule has 3 nitrogen and oxygen atoms in total. The first-order chi connectivity index (χ1) is 3.98. The molecular weight excluding hydrogens is 134 g/mol. The molecule has 0 saturated heterocycles. The van der Waals surface area contributed by atoms with Gasteiger partial charge in [0.25, 0.3) is 0 Å². The van der Waals surface area contributed by atoms with Gasteiger partial charge in [-0.2, -0.15) is 0 Å². The molecule has 0 aromatic heterocycles. The highest BCUT2D eigenvalue weighted by Gasteiger charge is 2.27. The van der Waals surface area contributed by atoms with Crippen LogP contribution in [0, 0.1) is 0 Å². The Morgan fingerprint density at radius 2 is 2.00 bits per heavy atom. The van der Waals surface area contributed by atoms with Gasteiger partial charge in [0, 0.05) is 12.1 Å². The maximum atomic E-state index is 9.11. The van der Waals surface area contributed by atoms with Crippen LogP contribution in [0.25, 0.3) is 0 Å². The molecule has 0 aliphatic rings.